The normalized spacial score (nSPS) is 24.3. The van der Waals surface area contributed by atoms with Crippen LogP contribution in [0.1, 0.15) is 50.6 Å². The van der Waals surface area contributed by atoms with Crippen molar-refractivity contribution in [2.75, 3.05) is 13.6 Å². The van der Waals surface area contributed by atoms with Crippen molar-refractivity contribution in [3.63, 3.8) is 0 Å². The van der Waals surface area contributed by atoms with Gasteiger partial charge in [-0.05, 0) is 57.7 Å². The topological polar surface area (TPSA) is 29.3 Å². The van der Waals surface area contributed by atoms with Crippen LogP contribution in [0.2, 0.25) is 0 Å². The Bertz CT molecular complexity index is 456. The summed E-state index contributed by atoms with van der Waals surface area (Å²) in [6.07, 6.45) is 5.64. The maximum absolute atomic E-state index is 13.7. The summed E-state index contributed by atoms with van der Waals surface area (Å²) in [7, 11) is 2.11. The van der Waals surface area contributed by atoms with E-state index in [-0.39, 0.29) is 5.56 Å². The molecule has 0 amide bonds. The molecule has 0 heterocycles. The van der Waals surface area contributed by atoms with Crippen molar-refractivity contribution in [2.24, 2.45) is 11.7 Å². The fraction of sp³-hybridized carbons (Fsp3) is 0.647. The van der Waals surface area contributed by atoms with Crippen LogP contribution in [-0.2, 0) is 0 Å². The highest BCUT2D eigenvalue weighted by molar-refractivity contribution is 5.22. The summed E-state index contributed by atoms with van der Waals surface area (Å²) in [5, 5.41) is 0. The molecule has 1 atom stereocenters. The fourth-order valence-corrected chi connectivity index (χ4v) is 3.17. The molecule has 0 bridgehead atoms. The molecular weight excluding hydrogens is 270 g/mol. The number of halogens is 2. The summed E-state index contributed by atoms with van der Waals surface area (Å²) in [5.41, 5.74) is 6.31. The summed E-state index contributed by atoms with van der Waals surface area (Å²) in [5.74, 6) is -0.796. The lowest BCUT2D eigenvalue weighted by Crippen LogP contribution is -2.36. The molecule has 1 fully saturated rings. The summed E-state index contributed by atoms with van der Waals surface area (Å²) in [4.78, 5) is 2.32. The number of nitrogens with zero attached hydrogens (tertiary/aromatic N) is 1. The SMILES string of the molecule is CC1CCC(N(C)CCC(N)c2cccc(F)c2F)CC1. The van der Waals surface area contributed by atoms with Gasteiger partial charge >= 0.3 is 0 Å². The van der Waals surface area contributed by atoms with Crippen LogP contribution >= 0.6 is 0 Å². The second-order valence-electron chi connectivity index (χ2n) is 6.43. The number of nitrogens with two attached hydrogens (primary N) is 1. The Morgan fingerprint density at radius 2 is 1.90 bits per heavy atom. The highest BCUT2D eigenvalue weighted by Crippen LogP contribution is 2.27. The summed E-state index contributed by atoms with van der Waals surface area (Å²) >= 11 is 0. The van der Waals surface area contributed by atoms with Gasteiger partial charge in [0.1, 0.15) is 0 Å². The number of hydrogen-bond acceptors (Lipinski definition) is 2. The van der Waals surface area contributed by atoms with Crippen molar-refractivity contribution in [3.8, 4) is 0 Å². The molecule has 1 aromatic rings. The molecule has 118 valence electrons. The summed E-state index contributed by atoms with van der Waals surface area (Å²) in [6.45, 7) is 3.12. The lowest BCUT2D eigenvalue weighted by Gasteiger charge is -2.34. The maximum Gasteiger partial charge on any atom is 0.163 e. The van der Waals surface area contributed by atoms with E-state index in [0.29, 0.717) is 12.5 Å². The first-order valence-electron chi connectivity index (χ1n) is 7.88. The van der Waals surface area contributed by atoms with Gasteiger partial charge in [0.2, 0.25) is 0 Å². The van der Waals surface area contributed by atoms with E-state index in [2.05, 4.69) is 18.9 Å². The van der Waals surface area contributed by atoms with Gasteiger partial charge in [0.05, 0.1) is 0 Å². The average molecular weight is 296 g/mol. The van der Waals surface area contributed by atoms with Crippen LogP contribution in [0.25, 0.3) is 0 Å². The van der Waals surface area contributed by atoms with Crippen LogP contribution in [0.3, 0.4) is 0 Å². The third-order valence-electron chi connectivity index (χ3n) is 4.78. The molecule has 2 rings (SSSR count). The van der Waals surface area contributed by atoms with Gasteiger partial charge in [0.25, 0.3) is 0 Å². The molecule has 4 heteroatoms. The van der Waals surface area contributed by atoms with E-state index < -0.39 is 17.7 Å². The molecular formula is C17H26F2N2. The van der Waals surface area contributed by atoms with Gasteiger partial charge in [-0.15, -0.1) is 0 Å². The number of hydrogen-bond donors (Lipinski definition) is 1. The molecule has 21 heavy (non-hydrogen) atoms. The quantitative estimate of drug-likeness (QED) is 0.894. The average Bonchev–Trinajstić information content (AvgIpc) is 2.48. The highest BCUT2D eigenvalue weighted by atomic mass is 19.2. The summed E-state index contributed by atoms with van der Waals surface area (Å²) < 4.78 is 26.9. The van der Waals surface area contributed by atoms with Gasteiger partial charge in [0, 0.05) is 17.6 Å². The molecule has 1 saturated carbocycles. The van der Waals surface area contributed by atoms with E-state index in [0.717, 1.165) is 18.5 Å². The molecule has 1 aliphatic rings. The molecule has 0 saturated heterocycles. The number of benzene rings is 1. The van der Waals surface area contributed by atoms with Crippen LogP contribution in [0.15, 0.2) is 18.2 Å². The third-order valence-corrected chi connectivity index (χ3v) is 4.78. The monoisotopic (exact) mass is 296 g/mol. The molecule has 2 nitrogen and oxygen atoms in total. The van der Waals surface area contributed by atoms with Crippen LogP contribution in [0.4, 0.5) is 8.78 Å². The minimum atomic E-state index is -0.822. The molecule has 0 aliphatic heterocycles. The van der Waals surface area contributed by atoms with Crippen LogP contribution in [0.5, 0.6) is 0 Å². The van der Waals surface area contributed by atoms with E-state index in [1.807, 2.05) is 0 Å². The highest BCUT2D eigenvalue weighted by Gasteiger charge is 2.22. The minimum Gasteiger partial charge on any atom is -0.324 e. The Hall–Kier alpha value is -1.00. The molecule has 0 spiro atoms. The van der Waals surface area contributed by atoms with E-state index in [9.17, 15) is 8.78 Å². The first kappa shape index (κ1) is 16.4. The molecule has 0 radical (unpaired) electrons. The van der Waals surface area contributed by atoms with Crippen molar-refractivity contribution in [1.29, 1.82) is 0 Å². The van der Waals surface area contributed by atoms with Gasteiger partial charge in [-0.25, -0.2) is 8.78 Å². The Labute approximate surface area is 126 Å². The zero-order valence-electron chi connectivity index (χ0n) is 13.0. The van der Waals surface area contributed by atoms with Crippen molar-refractivity contribution in [3.05, 3.63) is 35.4 Å². The standard InChI is InChI=1S/C17H26F2N2/c1-12-6-8-13(9-7-12)21(2)11-10-16(20)14-4-3-5-15(18)17(14)19/h3-5,12-13,16H,6-11,20H2,1-2H3. The molecule has 1 unspecified atom stereocenters. The zero-order valence-corrected chi connectivity index (χ0v) is 13.0. The second kappa shape index (κ2) is 7.32. The zero-order chi connectivity index (χ0) is 15.4. The Balaban J connectivity index is 1.86. The van der Waals surface area contributed by atoms with Crippen LogP contribution < -0.4 is 5.73 Å². The van der Waals surface area contributed by atoms with E-state index in [1.165, 1.54) is 31.7 Å². The van der Waals surface area contributed by atoms with E-state index in [4.69, 9.17) is 5.73 Å². The Morgan fingerprint density at radius 3 is 2.57 bits per heavy atom. The van der Waals surface area contributed by atoms with Gasteiger partial charge < -0.3 is 10.6 Å². The lowest BCUT2D eigenvalue weighted by molar-refractivity contribution is 0.166. The Kier molecular flexibility index (Phi) is 5.71. The van der Waals surface area contributed by atoms with Crippen molar-refractivity contribution >= 4 is 0 Å². The number of rotatable bonds is 5. The Morgan fingerprint density at radius 1 is 1.24 bits per heavy atom. The largest absolute Gasteiger partial charge is 0.324 e. The molecule has 2 N–H and O–H groups in total. The first-order chi connectivity index (χ1) is 9.99. The van der Waals surface area contributed by atoms with Gasteiger partial charge in [-0.1, -0.05) is 19.1 Å². The first-order valence-corrected chi connectivity index (χ1v) is 7.88. The molecule has 1 aromatic carbocycles. The lowest BCUT2D eigenvalue weighted by atomic mass is 9.86. The van der Waals surface area contributed by atoms with Crippen molar-refractivity contribution < 1.29 is 8.78 Å². The van der Waals surface area contributed by atoms with E-state index >= 15 is 0 Å². The fourth-order valence-electron chi connectivity index (χ4n) is 3.17. The van der Waals surface area contributed by atoms with E-state index in [1.54, 1.807) is 6.07 Å². The van der Waals surface area contributed by atoms with Crippen LogP contribution in [0, 0.1) is 17.6 Å². The van der Waals surface area contributed by atoms with Crippen molar-refractivity contribution in [2.45, 2.75) is 51.1 Å². The smallest absolute Gasteiger partial charge is 0.163 e. The predicted molar refractivity (Wildman–Crippen MR) is 82.0 cm³/mol. The summed E-state index contributed by atoms with van der Waals surface area (Å²) in [6, 6.07) is 4.36. The van der Waals surface area contributed by atoms with Crippen LogP contribution in [-0.4, -0.2) is 24.5 Å². The van der Waals surface area contributed by atoms with Gasteiger partial charge in [0.15, 0.2) is 11.6 Å². The molecule has 0 aromatic heterocycles. The molecule has 1 aliphatic carbocycles. The van der Waals surface area contributed by atoms with Gasteiger partial charge in [-0.2, -0.15) is 0 Å². The minimum absolute atomic E-state index is 0.278. The maximum atomic E-state index is 13.7. The predicted octanol–water partition coefficient (Wildman–Crippen LogP) is 3.87. The second-order valence-corrected chi connectivity index (χ2v) is 6.43. The third kappa shape index (κ3) is 4.24. The van der Waals surface area contributed by atoms with Gasteiger partial charge in [-0.3, -0.25) is 0 Å². The van der Waals surface area contributed by atoms with Crippen molar-refractivity contribution in [1.82, 2.24) is 4.90 Å².